The molecule has 1 aliphatic carbocycles. The van der Waals surface area contributed by atoms with E-state index >= 15 is 0 Å². The van der Waals surface area contributed by atoms with Crippen LogP contribution in [-0.2, 0) is 20.7 Å². The number of amides is 2. The van der Waals surface area contributed by atoms with E-state index in [1.807, 2.05) is 24.0 Å². The van der Waals surface area contributed by atoms with Crippen LogP contribution in [0.2, 0.25) is 0 Å². The molecule has 2 aromatic carbocycles. The number of aryl methyl sites for hydroxylation is 1. The number of nitrogens with zero attached hydrogens (tertiary/aromatic N) is 1. The lowest BCUT2D eigenvalue weighted by Gasteiger charge is -2.38. The first-order chi connectivity index (χ1) is 16.0. The van der Waals surface area contributed by atoms with E-state index in [9.17, 15) is 9.59 Å². The zero-order valence-corrected chi connectivity index (χ0v) is 19.8. The van der Waals surface area contributed by atoms with Gasteiger partial charge in [-0.2, -0.15) is 0 Å². The van der Waals surface area contributed by atoms with Crippen molar-refractivity contribution in [2.75, 3.05) is 26.8 Å². The van der Waals surface area contributed by atoms with Crippen LogP contribution in [0.15, 0.2) is 42.5 Å². The number of methoxy groups -OCH3 is 1. The summed E-state index contributed by atoms with van der Waals surface area (Å²) < 4.78 is 11.1. The normalized spacial score (nSPS) is 18.4. The van der Waals surface area contributed by atoms with Crippen LogP contribution in [-0.4, -0.2) is 49.6 Å². The smallest absolute Gasteiger partial charge is 0.261 e. The number of carbonyl (C=O) groups excluding carboxylic acids is 2. The molecule has 2 amide bonds. The summed E-state index contributed by atoms with van der Waals surface area (Å²) in [5.74, 6) is 0.925. The maximum Gasteiger partial charge on any atom is 0.261 e. The molecule has 1 fully saturated rings. The van der Waals surface area contributed by atoms with Crippen LogP contribution < -0.4 is 10.1 Å². The molecule has 1 N–H and O–H groups in total. The highest BCUT2D eigenvalue weighted by atomic mass is 16.5. The molecule has 6 nitrogen and oxygen atoms in total. The van der Waals surface area contributed by atoms with Crippen molar-refractivity contribution < 1.29 is 19.1 Å². The predicted molar refractivity (Wildman–Crippen MR) is 127 cm³/mol. The molecule has 1 saturated carbocycles. The zero-order valence-electron chi connectivity index (χ0n) is 19.8. The van der Waals surface area contributed by atoms with E-state index in [0.717, 1.165) is 36.9 Å². The van der Waals surface area contributed by atoms with Gasteiger partial charge >= 0.3 is 0 Å². The van der Waals surface area contributed by atoms with E-state index in [2.05, 4.69) is 42.6 Å². The number of hydrogen-bond acceptors (Lipinski definition) is 4. The Morgan fingerprint density at radius 3 is 2.58 bits per heavy atom. The van der Waals surface area contributed by atoms with Gasteiger partial charge in [-0.25, -0.2) is 0 Å². The second-order valence-corrected chi connectivity index (χ2v) is 9.03. The second-order valence-electron chi connectivity index (χ2n) is 9.03. The lowest BCUT2D eigenvalue weighted by molar-refractivity contribution is -0.134. The minimum atomic E-state index is -0.578. The Morgan fingerprint density at radius 1 is 1.15 bits per heavy atom. The molecule has 2 aliphatic rings. The summed E-state index contributed by atoms with van der Waals surface area (Å²) in [6, 6.07) is 14.3. The Morgan fingerprint density at radius 2 is 1.91 bits per heavy atom. The minimum absolute atomic E-state index is 0.137. The van der Waals surface area contributed by atoms with Crippen LogP contribution in [0.5, 0.6) is 5.75 Å². The Kier molecular flexibility index (Phi) is 7.33. The number of benzene rings is 2. The molecule has 0 unspecified atom stereocenters. The van der Waals surface area contributed by atoms with Gasteiger partial charge in [-0.05, 0) is 61.4 Å². The van der Waals surface area contributed by atoms with Crippen LogP contribution in [0, 0.1) is 12.8 Å². The first-order valence-corrected chi connectivity index (χ1v) is 11.9. The number of hydrogen-bond donors (Lipinski definition) is 1. The molecule has 2 atom stereocenters. The van der Waals surface area contributed by atoms with Crippen LogP contribution >= 0.6 is 0 Å². The SMILES string of the molecule is CC[C@@H](Oc1ccc2c(c1)[C@H](c1ccc(C)cc1)N(C(=O)C1CC1)CC2)C(=O)NCCOC. The quantitative estimate of drug-likeness (QED) is 0.590. The van der Waals surface area contributed by atoms with Gasteiger partial charge in [0.25, 0.3) is 5.91 Å². The van der Waals surface area contributed by atoms with E-state index in [-0.39, 0.29) is 23.8 Å². The molecule has 6 heteroatoms. The first-order valence-electron chi connectivity index (χ1n) is 11.9. The molecular formula is C27H34N2O4. The highest BCUT2D eigenvalue weighted by Gasteiger charge is 2.39. The maximum absolute atomic E-state index is 13.2. The van der Waals surface area contributed by atoms with Gasteiger partial charge in [-0.3, -0.25) is 9.59 Å². The fraction of sp³-hybridized carbons (Fsp3) is 0.481. The topological polar surface area (TPSA) is 67.9 Å². The lowest BCUT2D eigenvalue weighted by Crippen LogP contribution is -2.41. The van der Waals surface area contributed by atoms with Crippen LogP contribution in [0.25, 0.3) is 0 Å². The molecule has 1 aliphatic heterocycles. The second kappa shape index (κ2) is 10.4. The Hall–Kier alpha value is -2.86. The summed E-state index contributed by atoms with van der Waals surface area (Å²) in [4.78, 5) is 27.8. The Balaban J connectivity index is 1.62. The molecule has 1 heterocycles. The third-order valence-electron chi connectivity index (χ3n) is 6.50. The fourth-order valence-electron chi connectivity index (χ4n) is 4.45. The molecule has 0 bridgehead atoms. The first kappa shape index (κ1) is 23.3. The lowest BCUT2D eigenvalue weighted by atomic mass is 9.87. The molecule has 0 spiro atoms. The van der Waals surface area contributed by atoms with Gasteiger partial charge in [0.15, 0.2) is 6.10 Å². The van der Waals surface area contributed by atoms with Gasteiger partial charge in [0, 0.05) is 26.1 Å². The monoisotopic (exact) mass is 450 g/mol. The van der Waals surface area contributed by atoms with Crippen LogP contribution in [0.4, 0.5) is 0 Å². The summed E-state index contributed by atoms with van der Waals surface area (Å²) >= 11 is 0. The van der Waals surface area contributed by atoms with Gasteiger partial charge in [0.05, 0.1) is 12.6 Å². The number of carbonyl (C=O) groups is 2. The summed E-state index contributed by atoms with van der Waals surface area (Å²) in [7, 11) is 1.61. The van der Waals surface area contributed by atoms with Crippen molar-refractivity contribution in [1.82, 2.24) is 10.2 Å². The highest BCUT2D eigenvalue weighted by molar-refractivity contribution is 5.82. The largest absolute Gasteiger partial charge is 0.481 e. The van der Waals surface area contributed by atoms with Gasteiger partial charge in [0.1, 0.15) is 5.75 Å². The summed E-state index contributed by atoms with van der Waals surface area (Å²) in [6.07, 6.45) is 2.78. The van der Waals surface area contributed by atoms with E-state index in [1.165, 1.54) is 11.1 Å². The third-order valence-corrected chi connectivity index (χ3v) is 6.50. The Labute approximate surface area is 196 Å². The predicted octanol–water partition coefficient (Wildman–Crippen LogP) is 3.80. The van der Waals surface area contributed by atoms with Gasteiger partial charge in [0.2, 0.25) is 5.91 Å². The van der Waals surface area contributed by atoms with Crippen molar-refractivity contribution in [1.29, 1.82) is 0 Å². The van der Waals surface area contributed by atoms with Crippen molar-refractivity contribution in [2.45, 2.75) is 51.7 Å². The summed E-state index contributed by atoms with van der Waals surface area (Å²) in [5.41, 5.74) is 4.62. The number of ether oxygens (including phenoxy) is 2. The number of fused-ring (bicyclic) bond motifs is 1. The number of rotatable bonds is 9. The third kappa shape index (κ3) is 5.38. The number of nitrogens with one attached hydrogen (secondary N) is 1. The van der Waals surface area contributed by atoms with Crippen LogP contribution in [0.1, 0.15) is 54.5 Å². The van der Waals surface area contributed by atoms with E-state index in [1.54, 1.807) is 7.11 Å². The minimum Gasteiger partial charge on any atom is -0.481 e. The standard InChI is InChI=1S/C27H34N2O4/c1-4-24(26(30)28-14-16-32-3)33-22-12-11-19-13-15-29(27(31)21-9-10-21)25(23(19)17-22)20-7-5-18(2)6-8-20/h5-8,11-12,17,21,24-25H,4,9-10,13-16H2,1-3H3,(H,28,30)/t24-,25+/m1/s1. The molecule has 0 aromatic heterocycles. The molecule has 0 radical (unpaired) electrons. The van der Waals surface area contributed by atoms with E-state index < -0.39 is 6.10 Å². The molecule has 2 aromatic rings. The van der Waals surface area contributed by atoms with Crippen molar-refractivity contribution in [2.24, 2.45) is 5.92 Å². The molecule has 4 rings (SSSR count). The van der Waals surface area contributed by atoms with Gasteiger partial charge in [-0.1, -0.05) is 42.8 Å². The van der Waals surface area contributed by atoms with Crippen molar-refractivity contribution in [3.8, 4) is 5.75 Å². The van der Waals surface area contributed by atoms with Gasteiger partial charge in [-0.15, -0.1) is 0 Å². The van der Waals surface area contributed by atoms with Crippen LogP contribution in [0.3, 0.4) is 0 Å². The zero-order chi connectivity index (χ0) is 23.4. The fourth-order valence-corrected chi connectivity index (χ4v) is 4.45. The molecule has 0 saturated heterocycles. The van der Waals surface area contributed by atoms with E-state index in [0.29, 0.717) is 25.3 Å². The van der Waals surface area contributed by atoms with E-state index in [4.69, 9.17) is 9.47 Å². The van der Waals surface area contributed by atoms with Crippen molar-refractivity contribution >= 4 is 11.8 Å². The molecule has 33 heavy (non-hydrogen) atoms. The highest BCUT2D eigenvalue weighted by Crippen LogP contribution is 2.41. The maximum atomic E-state index is 13.2. The average Bonchev–Trinajstić information content (AvgIpc) is 3.67. The summed E-state index contributed by atoms with van der Waals surface area (Å²) in [5, 5.41) is 2.86. The molecule has 176 valence electrons. The average molecular weight is 451 g/mol. The molecular weight excluding hydrogens is 416 g/mol. The van der Waals surface area contributed by atoms with Crippen molar-refractivity contribution in [3.63, 3.8) is 0 Å². The van der Waals surface area contributed by atoms with Gasteiger partial charge < -0.3 is 19.7 Å². The van der Waals surface area contributed by atoms with Crippen molar-refractivity contribution in [3.05, 3.63) is 64.7 Å². The summed E-state index contributed by atoms with van der Waals surface area (Å²) in [6.45, 7) is 5.64. The Bertz CT molecular complexity index is 984.